The van der Waals surface area contributed by atoms with Crippen molar-refractivity contribution in [1.82, 2.24) is 10.3 Å². The molecule has 0 aliphatic carbocycles. The highest BCUT2D eigenvalue weighted by Gasteiger charge is 2.16. The number of hydrogen-bond donors (Lipinski definition) is 1. The molecule has 0 saturated heterocycles. The second kappa shape index (κ2) is 11.5. The minimum absolute atomic E-state index is 0.229. The maximum Gasteiger partial charge on any atom is 0.271 e. The number of nitrogens with zero attached hydrogens (tertiary/aromatic N) is 2. The highest BCUT2D eigenvalue weighted by Crippen LogP contribution is 2.20. The molecule has 1 amide bonds. The van der Waals surface area contributed by atoms with Gasteiger partial charge in [0, 0.05) is 25.2 Å². The lowest BCUT2D eigenvalue weighted by atomic mass is 9.99. The summed E-state index contributed by atoms with van der Waals surface area (Å²) >= 11 is 0. The van der Waals surface area contributed by atoms with Crippen molar-refractivity contribution in [2.45, 2.75) is 26.1 Å². The van der Waals surface area contributed by atoms with Crippen LogP contribution in [0, 0.1) is 0 Å². The van der Waals surface area contributed by atoms with Crippen LogP contribution in [0.5, 0.6) is 5.75 Å². The molecule has 5 nitrogen and oxygen atoms in total. The Labute approximate surface area is 212 Å². The van der Waals surface area contributed by atoms with Crippen LogP contribution in [0.2, 0.25) is 0 Å². The van der Waals surface area contributed by atoms with Crippen LogP contribution in [0.1, 0.15) is 38.2 Å². The predicted octanol–water partition coefficient (Wildman–Crippen LogP) is 5.59. The number of fused-ring (bicyclic) bond motifs is 1. The van der Waals surface area contributed by atoms with Crippen molar-refractivity contribution >= 4 is 12.1 Å². The van der Waals surface area contributed by atoms with Crippen LogP contribution in [-0.2, 0) is 26.1 Å². The number of benzene rings is 4. The molecule has 1 heterocycles. The Morgan fingerprint density at radius 2 is 1.56 bits per heavy atom. The molecule has 1 aliphatic rings. The first-order valence-electron chi connectivity index (χ1n) is 12.2. The van der Waals surface area contributed by atoms with Crippen molar-refractivity contribution in [3.05, 3.63) is 137 Å². The van der Waals surface area contributed by atoms with E-state index >= 15 is 0 Å². The van der Waals surface area contributed by atoms with Crippen molar-refractivity contribution in [3.63, 3.8) is 0 Å². The molecule has 4 aromatic rings. The third-order valence-electron chi connectivity index (χ3n) is 6.34. The zero-order chi connectivity index (χ0) is 24.6. The minimum atomic E-state index is -0.229. The highest BCUT2D eigenvalue weighted by molar-refractivity contribution is 5.94. The Hall–Kier alpha value is -4.22. The van der Waals surface area contributed by atoms with E-state index in [-0.39, 0.29) is 5.91 Å². The second-order valence-corrected chi connectivity index (χ2v) is 8.97. The Balaban J connectivity index is 1.09. The first-order valence-corrected chi connectivity index (χ1v) is 12.2. The van der Waals surface area contributed by atoms with Crippen molar-refractivity contribution < 1.29 is 9.53 Å². The maximum absolute atomic E-state index is 12.5. The molecule has 180 valence electrons. The van der Waals surface area contributed by atoms with E-state index in [1.54, 1.807) is 6.21 Å². The van der Waals surface area contributed by atoms with Crippen molar-refractivity contribution in [1.29, 1.82) is 0 Å². The van der Waals surface area contributed by atoms with Gasteiger partial charge in [0.15, 0.2) is 0 Å². The van der Waals surface area contributed by atoms with E-state index in [1.807, 2.05) is 78.9 Å². The average molecular weight is 476 g/mol. The van der Waals surface area contributed by atoms with Crippen LogP contribution in [0.15, 0.2) is 108 Å². The van der Waals surface area contributed by atoms with Gasteiger partial charge >= 0.3 is 0 Å². The van der Waals surface area contributed by atoms with Crippen LogP contribution < -0.4 is 10.2 Å². The van der Waals surface area contributed by atoms with Crippen molar-refractivity contribution in [2.24, 2.45) is 5.10 Å². The largest absolute Gasteiger partial charge is 0.489 e. The quantitative estimate of drug-likeness (QED) is 0.267. The van der Waals surface area contributed by atoms with Crippen LogP contribution in [0.3, 0.4) is 0 Å². The van der Waals surface area contributed by atoms with Gasteiger partial charge in [-0.3, -0.25) is 9.69 Å². The van der Waals surface area contributed by atoms with Crippen LogP contribution in [-0.4, -0.2) is 23.6 Å². The van der Waals surface area contributed by atoms with Gasteiger partial charge in [-0.25, -0.2) is 5.43 Å². The number of carbonyl (C=O) groups excluding carboxylic acids is 1. The summed E-state index contributed by atoms with van der Waals surface area (Å²) in [4.78, 5) is 14.9. The van der Waals surface area contributed by atoms with E-state index in [2.05, 4.69) is 39.7 Å². The van der Waals surface area contributed by atoms with Gasteiger partial charge in [0.05, 0.1) is 6.21 Å². The van der Waals surface area contributed by atoms with Gasteiger partial charge < -0.3 is 4.74 Å². The predicted molar refractivity (Wildman–Crippen MR) is 143 cm³/mol. The lowest BCUT2D eigenvalue weighted by molar-refractivity contribution is 0.0955. The van der Waals surface area contributed by atoms with Crippen LogP contribution >= 0.6 is 0 Å². The first kappa shape index (κ1) is 23.5. The van der Waals surface area contributed by atoms with Crippen molar-refractivity contribution in [2.75, 3.05) is 6.54 Å². The summed E-state index contributed by atoms with van der Waals surface area (Å²) < 4.78 is 5.80. The van der Waals surface area contributed by atoms with Gasteiger partial charge in [0.1, 0.15) is 12.4 Å². The van der Waals surface area contributed by atoms with Gasteiger partial charge in [-0.2, -0.15) is 5.10 Å². The van der Waals surface area contributed by atoms with Gasteiger partial charge in [-0.05, 0) is 70.6 Å². The molecule has 4 aromatic carbocycles. The Morgan fingerprint density at radius 3 is 2.33 bits per heavy atom. The third-order valence-corrected chi connectivity index (χ3v) is 6.34. The topological polar surface area (TPSA) is 53.9 Å². The second-order valence-electron chi connectivity index (χ2n) is 8.97. The SMILES string of the molecule is O=C(N/N=C\c1ccc(OCc2ccccc2)cc1)c1ccc(CN2CCc3ccccc3C2)cc1. The fourth-order valence-corrected chi connectivity index (χ4v) is 4.33. The minimum Gasteiger partial charge on any atom is -0.489 e. The van der Waals surface area contributed by atoms with E-state index in [9.17, 15) is 4.79 Å². The van der Waals surface area contributed by atoms with E-state index in [1.165, 1.54) is 16.7 Å². The van der Waals surface area contributed by atoms with Gasteiger partial charge in [0.2, 0.25) is 0 Å². The molecule has 0 atom stereocenters. The molecule has 0 radical (unpaired) electrons. The maximum atomic E-state index is 12.5. The molecule has 1 aliphatic heterocycles. The van der Waals surface area contributed by atoms with E-state index in [0.717, 1.165) is 42.9 Å². The number of carbonyl (C=O) groups is 1. The molecular formula is C31H29N3O2. The zero-order valence-electron chi connectivity index (χ0n) is 20.1. The molecule has 5 rings (SSSR count). The Bertz CT molecular complexity index is 1320. The fourth-order valence-electron chi connectivity index (χ4n) is 4.33. The number of nitrogens with one attached hydrogen (secondary N) is 1. The molecule has 0 bridgehead atoms. The van der Waals surface area contributed by atoms with Gasteiger partial charge in [0.25, 0.3) is 5.91 Å². The summed E-state index contributed by atoms with van der Waals surface area (Å²) in [7, 11) is 0. The van der Waals surface area contributed by atoms with Gasteiger partial charge in [-0.1, -0.05) is 66.7 Å². The van der Waals surface area contributed by atoms with Crippen molar-refractivity contribution in [3.8, 4) is 5.75 Å². The number of rotatable bonds is 8. The molecular weight excluding hydrogens is 446 g/mol. The summed E-state index contributed by atoms with van der Waals surface area (Å²) in [5.41, 5.74) is 9.25. The molecule has 0 fully saturated rings. The van der Waals surface area contributed by atoms with Crippen LogP contribution in [0.25, 0.3) is 0 Å². The van der Waals surface area contributed by atoms with E-state index in [0.29, 0.717) is 12.2 Å². The monoisotopic (exact) mass is 475 g/mol. The normalized spacial score (nSPS) is 13.3. The third kappa shape index (κ3) is 6.26. The molecule has 5 heteroatoms. The molecule has 0 saturated carbocycles. The smallest absolute Gasteiger partial charge is 0.271 e. The highest BCUT2D eigenvalue weighted by atomic mass is 16.5. The van der Waals surface area contributed by atoms with E-state index in [4.69, 9.17) is 4.74 Å². The summed E-state index contributed by atoms with van der Waals surface area (Å²) in [5, 5.41) is 4.10. The van der Waals surface area contributed by atoms with Gasteiger partial charge in [-0.15, -0.1) is 0 Å². The number of hydrazone groups is 1. The number of amides is 1. The fraction of sp³-hybridized carbons (Fsp3) is 0.161. The molecule has 36 heavy (non-hydrogen) atoms. The average Bonchev–Trinajstić information content (AvgIpc) is 2.93. The number of hydrogen-bond acceptors (Lipinski definition) is 4. The first-order chi connectivity index (χ1) is 17.7. The zero-order valence-corrected chi connectivity index (χ0v) is 20.1. The summed E-state index contributed by atoms with van der Waals surface area (Å²) in [6.45, 7) is 3.41. The molecule has 0 spiro atoms. The lowest BCUT2D eigenvalue weighted by Gasteiger charge is -2.28. The molecule has 1 N–H and O–H groups in total. The van der Waals surface area contributed by atoms with Crippen LogP contribution in [0.4, 0.5) is 0 Å². The summed E-state index contributed by atoms with van der Waals surface area (Å²) in [5.74, 6) is 0.557. The Kier molecular flexibility index (Phi) is 7.49. The summed E-state index contributed by atoms with van der Waals surface area (Å²) in [6.07, 6.45) is 2.71. The summed E-state index contributed by atoms with van der Waals surface area (Å²) in [6, 6.07) is 34.1. The Morgan fingerprint density at radius 1 is 0.833 bits per heavy atom. The lowest BCUT2D eigenvalue weighted by Crippen LogP contribution is -2.30. The number of ether oxygens (including phenoxy) is 1. The molecule has 0 aromatic heterocycles. The van der Waals surface area contributed by atoms with E-state index < -0.39 is 0 Å². The molecule has 0 unspecified atom stereocenters. The standard InChI is InChI=1S/C31H29N3O2/c35-31(33-32-20-24-12-16-30(17-13-24)36-23-26-6-2-1-3-7-26)28-14-10-25(11-15-28)21-34-19-18-27-8-4-5-9-29(27)22-34/h1-17,20H,18-19,21-23H2,(H,33,35)/b32-20-.